The van der Waals surface area contributed by atoms with Crippen molar-refractivity contribution in [2.24, 2.45) is 11.8 Å². The van der Waals surface area contributed by atoms with Crippen LogP contribution in [-0.4, -0.2) is 43.0 Å². The number of nitrogens with zero attached hydrogens (tertiary/aromatic N) is 1. The van der Waals surface area contributed by atoms with E-state index in [0.717, 1.165) is 45.6 Å². The van der Waals surface area contributed by atoms with Gasteiger partial charge in [0.25, 0.3) is 0 Å². The van der Waals surface area contributed by atoms with Crippen LogP contribution in [0.15, 0.2) is 17.5 Å². The summed E-state index contributed by atoms with van der Waals surface area (Å²) in [5.41, 5.74) is 0. The zero-order valence-electron chi connectivity index (χ0n) is 14.1. The number of rotatable bonds is 5. The summed E-state index contributed by atoms with van der Waals surface area (Å²) in [4.78, 5) is 16.3. The molecule has 0 aromatic carbocycles. The van der Waals surface area contributed by atoms with Gasteiger partial charge >= 0.3 is 0 Å². The number of hydrogen-bond acceptors (Lipinski definition) is 4. The molecule has 2 N–H and O–H groups in total. The topological polar surface area (TPSA) is 44.4 Å². The maximum atomic E-state index is 12.3. The Kier molecular flexibility index (Phi) is 6.08. The van der Waals surface area contributed by atoms with Gasteiger partial charge in [0.15, 0.2) is 0 Å². The van der Waals surface area contributed by atoms with E-state index >= 15 is 0 Å². The Morgan fingerprint density at radius 2 is 2.22 bits per heavy atom. The molecule has 0 bridgehead atoms. The molecule has 1 amide bonds. The summed E-state index contributed by atoms with van der Waals surface area (Å²) >= 11 is 1.84. The monoisotopic (exact) mass is 335 g/mol. The van der Waals surface area contributed by atoms with Crippen molar-refractivity contribution < 1.29 is 4.79 Å². The molecule has 0 unspecified atom stereocenters. The molecule has 5 heteroatoms. The number of thiophene rings is 1. The third-order valence-corrected chi connectivity index (χ3v) is 6.09. The Labute approximate surface area is 143 Å². The van der Waals surface area contributed by atoms with Crippen LogP contribution in [-0.2, 0) is 11.3 Å². The molecule has 3 rings (SSSR count). The Morgan fingerprint density at radius 1 is 1.39 bits per heavy atom. The van der Waals surface area contributed by atoms with Gasteiger partial charge in [-0.15, -0.1) is 11.3 Å². The molecule has 2 saturated heterocycles. The van der Waals surface area contributed by atoms with Gasteiger partial charge in [-0.2, -0.15) is 0 Å². The van der Waals surface area contributed by atoms with Crippen LogP contribution < -0.4 is 10.6 Å². The second-order valence-electron chi connectivity index (χ2n) is 7.12. The first-order valence-corrected chi connectivity index (χ1v) is 9.84. The van der Waals surface area contributed by atoms with E-state index in [1.54, 1.807) is 0 Å². The lowest BCUT2D eigenvalue weighted by Crippen LogP contribution is -2.44. The van der Waals surface area contributed by atoms with Gasteiger partial charge in [0.05, 0.1) is 0 Å². The Balaban J connectivity index is 1.35. The normalized spacial score (nSPS) is 27.0. The van der Waals surface area contributed by atoms with Gasteiger partial charge in [0, 0.05) is 29.9 Å². The van der Waals surface area contributed by atoms with Crippen molar-refractivity contribution in [1.82, 2.24) is 15.5 Å². The minimum atomic E-state index is 0.213. The number of nitrogens with one attached hydrogen (secondary N) is 2. The number of likely N-dealkylation sites (tertiary alicyclic amines) is 1. The maximum absolute atomic E-state index is 12.3. The predicted octanol–water partition coefficient (Wildman–Crippen LogP) is 2.46. The zero-order chi connectivity index (χ0) is 16.1. The third kappa shape index (κ3) is 5.03. The van der Waals surface area contributed by atoms with E-state index in [2.05, 4.69) is 40.0 Å². The molecule has 2 fully saturated rings. The van der Waals surface area contributed by atoms with E-state index in [4.69, 9.17) is 0 Å². The standard InChI is InChI=1S/C18H29N3OS/c1-14-11-16(4-7-19-14)18(22)20-12-15-5-8-21(9-6-15)13-17-3-2-10-23-17/h2-3,10,14-16,19H,4-9,11-13H2,1H3,(H,20,22)/t14-,16-/m0/s1. The van der Waals surface area contributed by atoms with Crippen molar-refractivity contribution >= 4 is 17.2 Å². The lowest BCUT2D eigenvalue weighted by atomic mass is 9.91. The number of amides is 1. The zero-order valence-corrected chi connectivity index (χ0v) is 14.9. The molecular weight excluding hydrogens is 306 g/mol. The van der Waals surface area contributed by atoms with Gasteiger partial charge < -0.3 is 10.6 Å². The molecule has 1 aromatic heterocycles. The first-order chi connectivity index (χ1) is 11.2. The molecule has 4 nitrogen and oxygen atoms in total. The van der Waals surface area contributed by atoms with Gasteiger partial charge in [-0.05, 0) is 69.6 Å². The minimum absolute atomic E-state index is 0.213. The van der Waals surface area contributed by atoms with Crippen LogP contribution in [0.5, 0.6) is 0 Å². The van der Waals surface area contributed by atoms with Gasteiger partial charge in [0.2, 0.25) is 5.91 Å². The summed E-state index contributed by atoms with van der Waals surface area (Å²) in [7, 11) is 0. The molecule has 0 saturated carbocycles. The molecule has 0 spiro atoms. The highest BCUT2D eigenvalue weighted by Crippen LogP contribution is 2.21. The van der Waals surface area contributed by atoms with Gasteiger partial charge in [-0.1, -0.05) is 6.07 Å². The number of piperidine rings is 2. The largest absolute Gasteiger partial charge is 0.356 e. The van der Waals surface area contributed by atoms with Crippen LogP contribution in [0, 0.1) is 11.8 Å². The van der Waals surface area contributed by atoms with Crippen LogP contribution in [0.2, 0.25) is 0 Å². The quantitative estimate of drug-likeness (QED) is 0.869. The minimum Gasteiger partial charge on any atom is -0.356 e. The number of hydrogen-bond donors (Lipinski definition) is 2. The molecule has 23 heavy (non-hydrogen) atoms. The first-order valence-electron chi connectivity index (χ1n) is 8.96. The van der Waals surface area contributed by atoms with E-state index in [-0.39, 0.29) is 11.8 Å². The average Bonchev–Trinajstić information content (AvgIpc) is 3.07. The van der Waals surface area contributed by atoms with Crippen LogP contribution in [0.25, 0.3) is 0 Å². The SMILES string of the molecule is C[C@H]1C[C@@H](C(=O)NCC2CCN(Cc3cccs3)CC2)CCN1. The van der Waals surface area contributed by atoms with E-state index in [9.17, 15) is 4.79 Å². The fourth-order valence-corrected chi connectivity index (χ4v) is 4.48. The molecule has 2 atom stereocenters. The third-order valence-electron chi connectivity index (χ3n) is 5.23. The predicted molar refractivity (Wildman–Crippen MR) is 95.5 cm³/mol. The first kappa shape index (κ1) is 16.9. The average molecular weight is 336 g/mol. The molecule has 2 aliphatic heterocycles. The molecule has 128 valence electrons. The molecular formula is C18H29N3OS. The van der Waals surface area contributed by atoms with E-state index < -0.39 is 0 Å². The summed E-state index contributed by atoms with van der Waals surface area (Å²) in [5.74, 6) is 1.14. The van der Waals surface area contributed by atoms with Gasteiger partial charge in [0.1, 0.15) is 0 Å². The van der Waals surface area contributed by atoms with Crippen molar-refractivity contribution in [2.75, 3.05) is 26.2 Å². The fraction of sp³-hybridized carbons (Fsp3) is 0.722. The summed E-state index contributed by atoms with van der Waals surface area (Å²) in [5, 5.41) is 8.78. The second kappa shape index (κ2) is 8.27. The van der Waals surface area contributed by atoms with E-state index in [1.807, 2.05) is 11.3 Å². The molecule has 3 heterocycles. The van der Waals surface area contributed by atoms with E-state index in [0.29, 0.717) is 12.0 Å². The highest BCUT2D eigenvalue weighted by atomic mass is 32.1. The van der Waals surface area contributed by atoms with Gasteiger partial charge in [-0.25, -0.2) is 0 Å². The Hall–Kier alpha value is -0.910. The van der Waals surface area contributed by atoms with Crippen molar-refractivity contribution in [3.8, 4) is 0 Å². The van der Waals surface area contributed by atoms with Crippen LogP contribution in [0.3, 0.4) is 0 Å². The van der Waals surface area contributed by atoms with Crippen molar-refractivity contribution in [2.45, 2.75) is 45.2 Å². The highest BCUT2D eigenvalue weighted by Gasteiger charge is 2.26. The second-order valence-corrected chi connectivity index (χ2v) is 8.15. The lowest BCUT2D eigenvalue weighted by Gasteiger charge is -2.32. The smallest absolute Gasteiger partial charge is 0.223 e. The molecule has 0 aliphatic carbocycles. The molecule has 1 aromatic rings. The summed E-state index contributed by atoms with van der Waals surface area (Å²) in [6.07, 6.45) is 4.36. The van der Waals surface area contributed by atoms with Crippen molar-refractivity contribution in [3.63, 3.8) is 0 Å². The van der Waals surface area contributed by atoms with Crippen LogP contribution in [0.1, 0.15) is 37.5 Å². The summed E-state index contributed by atoms with van der Waals surface area (Å²) in [6, 6.07) is 4.82. The summed E-state index contributed by atoms with van der Waals surface area (Å²) < 4.78 is 0. The van der Waals surface area contributed by atoms with Crippen molar-refractivity contribution in [1.29, 1.82) is 0 Å². The highest BCUT2D eigenvalue weighted by molar-refractivity contribution is 7.09. The van der Waals surface area contributed by atoms with Crippen LogP contribution in [0.4, 0.5) is 0 Å². The lowest BCUT2D eigenvalue weighted by molar-refractivity contribution is -0.126. The fourth-order valence-electron chi connectivity index (χ4n) is 3.73. The van der Waals surface area contributed by atoms with Crippen LogP contribution >= 0.6 is 11.3 Å². The Bertz CT molecular complexity index is 482. The number of carbonyl (C=O) groups is 1. The van der Waals surface area contributed by atoms with Gasteiger partial charge in [-0.3, -0.25) is 9.69 Å². The molecule has 0 radical (unpaired) electrons. The Morgan fingerprint density at radius 3 is 2.91 bits per heavy atom. The molecule has 2 aliphatic rings. The summed E-state index contributed by atoms with van der Waals surface area (Å²) in [6.45, 7) is 7.41. The number of carbonyl (C=O) groups excluding carboxylic acids is 1. The van der Waals surface area contributed by atoms with Crippen molar-refractivity contribution in [3.05, 3.63) is 22.4 Å². The maximum Gasteiger partial charge on any atom is 0.223 e. The van der Waals surface area contributed by atoms with E-state index in [1.165, 1.54) is 17.7 Å².